The zero-order valence-electron chi connectivity index (χ0n) is 8.06. The highest BCUT2D eigenvalue weighted by Crippen LogP contribution is 2.40. The summed E-state index contributed by atoms with van der Waals surface area (Å²) in [4.78, 5) is 0. The van der Waals surface area contributed by atoms with Gasteiger partial charge in [-0.15, -0.1) is 0 Å². The Labute approximate surface area is 78.0 Å². The highest BCUT2D eigenvalue weighted by molar-refractivity contribution is 4.99. The van der Waals surface area contributed by atoms with Crippen molar-refractivity contribution in [2.45, 2.75) is 44.3 Å². The fraction of sp³-hybridized carbons (Fsp3) is 1.00. The quantitative estimate of drug-likeness (QED) is 0.599. The highest BCUT2D eigenvalue weighted by atomic mass is 16.8. The summed E-state index contributed by atoms with van der Waals surface area (Å²) in [6, 6.07) is 0.00363. The molecule has 0 aromatic rings. The lowest BCUT2D eigenvalue weighted by Crippen LogP contribution is -2.34. The Morgan fingerprint density at radius 2 is 2.00 bits per heavy atom. The molecule has 13 heavy (non-hydrogen) atoms. The van der Waals surface area contributed by atoms with E-state index in [4.69, 9.17) is 20.3 Å². The van der Waals surface area contributed by atoms with Gasteiger partial charge in [0.05, 0.1) is 6.10 Å². The van der Waals surface area contributed by atoms with Gasteiger partial charge in [0.2, 0.25) is 0 Å². The third-order valence-corrected chi connectivity index (χ3v) is 2.86. The molecule has 2 fully saturated rings. The van der Waals surface area contributed by atoms with Crippen molar-refractivity contribution in [1.29, 1.82) is 0 Å². The molecule has 4 unspecified atom stereocenters. The third-order valence-electron chi connectivity index (χ3n) is 2.86. The van der Waals surface area contributed by atoms with E-state index in [-0.39, 0.29) is 30.8 Å². The molecule has 0 aromatic heterocycles. The second kappa shape index (κ2) is 2.92. The van der Waals surface area contributed by atoms with Crippen LogP contribution in [0.15, 0.2) is 0 Å². The maximum absolute atomic E-state index is 9.11. The molecule has 0 spiro atoms. The molecular formula is C9H17NO3. The average molecular weight is 187 g/mol. The summed E-state index contributed by atoms with van der Waals surface area (Å²) in [5, 5.41) is 9.11. The van der Waals surface area contributed by atoms with Gasteiger partial charge in [-0.2, -0.15) is 0 Å². The number of ether oxygens (including phenoxy) is 2. The molecule has 1 heterocycles. The molecule has 4 nitrogen and oxygen atoms in total. The Morgan fingerprint density at radius 1 is 1.38 bits per heavy atom. The summed E-state index contributed by atoms with van der Waals surface area (Å²) in [6.07, 6.45) is 0.740. The molecule has 3 N–H and O–H groups in total. The van der Waals surface area contributed by atoms with Crippen LogP contribution in [0.1, 0.15) is 20.3 Å². The fourth-order valence-electron chi connectivity index (χ4n) is 2.31. The molecule has 1 aliphatic carbocycles. The predicted octanol–water partition coefficient (Wildman–Crippen LogP) is -0.154. The van der Waals surface area contributed by atoms with Gasteiger partial charge in [0.15, 0.2) is 5.79 Å². The van der Waals surface area contributed by atoms with Gasteiger partial charge in [-0.3, -0.25) is 0 Å². The summed E-state index contributed by atoms with van der Waals surface area (Å²) in [5.74, 6) is -0.400. The Morgan fingerprint density at radius 3 is 2.62 bits per heavy atom. The molecule has 2 rings (SSSR count). The molecular weight excluding hydrogens is 170 g/mol. The van der Waals surface area contributed by atoms with Crippen molar-refractivity contribution in [3.8, 4) is 0 Å². The maximum atomic E-state index is 9.11. The second-order valence-corrected chi connectivity index (χ2v) is 4.41. The van der Waals surface area contributed by atoms with Crippen molar-refractivity contribution >= 4 is 0 Å². The molecule has 1 saturated carbocycles. The highest BCUT2D eigenvalue weighted by Gasteiger charge is 2.52. The van der Waals surface area contributed by atoms with E-state index < -0.39 is 5.79 Å². The minimum Gasteiger partial charge on any atom is -0.396 e. The van der Waals surface area contributed by atoms with Crippen molar-refractivity contribution < 1.29 is 14.6 Å². The Hall–Kier alpha value is -0.160. The minimum absolute atomic E-state index is 0.00363. The number of hydrogen-bond acceptors (Lipinski definition) is 4. The van der Waals surface area contributed by atoms with Gasteiger partial charge in [-0.1, -0.05) is 0 Å². The van der Waals surface area contributed by atoms with Crippen LogP contribution in [0.3, 0.4) is 0 Å². The first-order valence-corrected chi connectivity index (χ1v) is 4.75. The molecule has 2 aliphatic rings. The fourth-order valence-corrected chi connectivity index (χ4v) is 2.31. The van der Waals surface area contributed by atoms with Crippen LogP contribution >= 0.6 is 0 Å². The molecule has 4 atom stereocenters. The molecule has 0 aromatic carbocycles. The van der Waals surface area contributed by atoms with Crippen molar-refractivity contribution in [1.82, 2.24) is 0 Å². The second-order valence-electron chi connectivity index (χ2n) is 4.41. The van der Waals surface area contributed by atoms with Crippen LogP contribution in [0.4, 0.5) is 0 Å². The number of rotatable bonds is 1. The zero-order chi connectivity index (χ0) is 9.64. The van der Waals surface area contributed by atoms with Gasteiger partial charge in [-0.05, 0) is 20.3 Å². The monoisotopic (exact) mass is 187 g/mol. The van der Waals surface area contributed by atoms with Gasteiger partial charge in [0.1, 0.15) is 6.10 Å². The molecule has 0 amide bonds. The van der Waals surface area contributed by atoms with E-state index in [9.17, 15) is 0 Å². The Bertz CT molecular complexity index is 207. The molecule has 0 bridgehead atoms. The van der Waals surface area contributed by atoms with Gasteiger partial charge < -0.3 is 20.3 Å². The van der Waals surface area contributed by atoms with E-state index in [0.29, 0.717) is 0 Å². The number of aliphatic hydroxyl groups excluding tert-OH is 1. The summed E-state index contributed by atoms with van der Waals surface area (Å²) in [5.41, 5.74) is 5.89. The van der Waals surface area contributed by atoms with Gasteiger partial charge in [-0.25, -0.2) is 0 Å². The zero-order valence-corrected chi connectivity index (χ0v) is 8.06. The first kappa shape index (κ1) is 9.40. The molecule has 1 aliphatic heterocycles. The summed E-state index contributed by atoms with van der Waals surface area (Å²) >= 11 is 0. The molecule has 76 valence electrons. The third kappa shape index (κ3) is 1.48. The standard InChI is InChI=1S/C9H17NO3/c1-9(2)12-7-5(4-11)3-6(10)8(7)13-9/h5-8,11H,3-4,10H2,1-2H3. The van der Waals surface area contributed by atoms with Crippen LogP contribution < -0.4 is 5.73 Å². The first-order chi connectivity index (χ1) is 6.03. The predicted molar refractivity (Wildman–Crippen MR) is 47.0 cm³/mol. The summed E-state index contributed by atoms with van der Waals surface area (Å²) in [6.45, 7) is 3.90. The average Bonchev–Trinajstić information content (AvgIpc) is 2.47. The minimum atomic E-state index is -0.541. The summed E-state index contributed by atoms with van der Waals surface area (Å²) < 4.78 is 11.3. The van der Waals surface area contributed by atoms with Crippen LogP contribution in [0.25, 0.3) is 0 Å². The largest absolute Gasteiger partial charge is 0.396 e. The smallest absolute Gasteiger partial charge is 0.163 e. The Kier molecular flexibility index (Phi) is 2.11. The first-order valence-electron chi connectivity index (χ1n) is 4.75. The molecule has 4 heteroatoms. The van der Waals surface area contributed by atoms with E-state index >= 15 is 0 Å². The van der Waals surface area contributed by atoms with E-state index in [1.54, 1.807) is 0 Å². The van der Waals surface area contributed by atoms with Crippen molar-refractivity contribution in [3.05, 3.63) is 0 Å². The number of fused-ring (bicyclic) bond motifs is 1. The van der Waals surface area contributed by atoms with Gasteiger partial charge in [0, 0.05) is 18.6 Å². The number of nitrogens with two attached hydrogens (primary N) is 1. The van der Waals surface area contributed by atoms with Crippen molar-refractivity contribution in [3.63, 3.8) is 0 Å². The van der Waals surface area contributed by atoms with E-state index in [1.165, 1.54) is 0 Å². The van der Waals surface area contributed by atoms with Crippen molar-refractivity contribution in [2.75, 3.05) is 6.61 Å². The number of hydrogen-bond donors (Lipinski definition) is 2. The maximum Gasteiger partial charge on any atom is 0.163 e. The lowest BCUT2D eigenvalue weighted by Gasteiger charge is -2.21. The van der Waals surface area contributed by atoms with Crippen LogP contribution in [0, 0.1) is 5.92 Å². The topological polar surface area (TPSA) is 64.7 Å². The number of aliphatic hydroxyl groups is 1. The molecule has 0 radical (unpaired) electrons. The van der Waals surface area contributed by atoms with Crippen LogP contribution in [-0.4, -0.2) is 35.8 Å². The van der Waals surface area contributed by atoms with Gasteiger partial charge in [0.25, 0.3) is 0 Å². The van der Waals surface area contributed by atoms with Gasteiger partial charge >= 0.3 is 0 Å². The molecule has 1 saturated heterocycles. The summed E-state index contributed by atoms with van der Waals surface area (Å²) in [7, 11) is 0. The Balaban J connectivity index is 2.12. The lowest BCUT2D eigenvalue weighted by atomic mass is 10.1. The SMILES string of the molecule is CC1(C)OC2C(N)CC(CO)C2O1. The lowest BCUT2D eigenvalue weighted by molar-refractivity contribution is -0.159. The van der Waals surface area contributed by atoms with Crippen LogP contribution in [0.2, 0.25) is 0 Å². The van der Waals surface area contributed by atoms with Crippen LogP contribution in [0.5, 0.6) is 0 Å². The van der Waals surface area contributed by atoms with E-state index in [2.05, 4.69) is 0 Å². The normalized spacial score (nSPS) is 48.0. The van der Waals surface area contributed by atoms with E-state index in [0.717, 1.165) is 6.42 Å². The van der Waals surface area contributed by atoms with E-state index in [1.807, 2.05) is 13.8 Å². The van der Waals surface area contributed by atoms with Crippen molar-refractivity contribution in [2.24, 2.45) is 11.7 Å². The van der Waals surface area contributed by atoms with Crippen LogP contribution in [-0.2, 0) is 9.47 Å².